The number of nitrogens with zero attached hydrogens (tertiary/aromatic N) is 4. The molecule has 1 amide bonds. The summed E-state index contributed by atoms with van der Waals surface area (Å²) in [5.41, 5.74) is 2.33. The van der Waals surface area contributed by atoms with Crippen molar-refractivity contribution in [1.29, 1.82) is 0 Å². The normalized spacial score (nSPS) is 18.5. The first-order chi connectivity index (χ1) is 10.5. The van der Waals surface area contributed by atoms with Crippen LogP contribution in [0.3, 0.4) is 0 Å². The third-order valence-corrected chi connectivity index (χ3v) is 4.33. The summed E-state index contributed by atoms with van der Waals surface area (Å²) in [5, 5.41) is 10.9. The SMILES string of the molecule is Cc1[nH]nc2ncc(NC(=O)[C@H](C)N3CCN(C)CC3)cc12. The lowest BCUT2D eigenvalue weighted by atomic mass is 10.2. The molecule has 2 N–H and O–H groups in total. The molecule has 22 heavy (non-hydrogen) atoms. The maximum Gasteiger partial charge on any atom is 0.241 e. The van der Waals surface area contributed by atoms with Gasteiger partial charge in [0, 0.05) is 37.3 Å². The van der Waals surface area contributed by atoms with Crippen LogP contribution in [0.5, 0.6) is 0 Å². The van der Waals surface area contributed by atoms with Gasteiger partial charge in [-0.3, -0.25) is 14.8 Å². The average molecular weight is 302 g/mol. The van der Waals surface area contributed by atoms with Crippen LogP contribution in [0.4, 0.5) is 5.69 Å². The van der Waals surface area contributed by atoms with Crippen molar-refractivity contribution in [1.82, 2.24) is 25.0 Å². The molecule has 3 heterocycles. The highest BCUT2D eigenvalue weighted by atomic mass is 16.2. The highest BCUT2D eigenvalue weighted by Gasteiger charge is 2.24. The first-order valence-corrected chi connectivity index (χ1v) is 7.59. The Morgan fingerprint density at radius 3 is 2.82 bits per heavy atom. The predicted molar refractivity (Wildman–Crippen MR) is 85.8 cm³/mol. The lowest BCUT2D eigenvalue weighted by Gasteiger charge is -2.35. The molecule has 0 unspecified atom stereocenters. The van der Waals surface area contributed by atoms with E-state index < -0.39 is 0 Å². The number of aromatic amines is 1. The van der Waals surface area contributed by atoms with E-state index in [2.05, 4.69) is 37.3 Å². The minimum Gasteiger partial charge on any atom is -0.323 e. The van der Waals surface area contributed by atoms with E-state index in [0.29, 0.717) is 11.3 Å². The van der Waals surface area contributed by atoms with Crippen LogP contribution in [-0.2, 0) is 4.79 Å². The van der Waals surface area contributed by atoms with E-state index in [0.717, 1.165) is 37.3 Å². The number of amides is 1. The van der Waals surface area contributed by atoms with Crippen LogP contribution in [0.1, 0.15) is 12.6 Å². The zero-order valence-corrected chi connectivity index (χ0v) is 13.3. The molecule has 7 heteroatoms. The number of likely N-dealkylation sites (N-methyl/N-ethyl adjacent to an activating group) is 1. The minimum absolute atomic E-state index is 0.00634. The monoisotopic (exact) mass is 302 g/mol. The second-order valence-corrected chi connectivity index (χ2v) is 5.95. The molecule has 2 aromatic rings. The van der Waals surface area contributed by atoms with Crippen LogP contribution in [0.25, 0.3) is 11.0 Å². The quantitative estimate of drug-likeness (QED) is 0.878. The van der Waals surface area contributed by atoms with Gasteiger partial charge in [-0.25, -0.2) is 4.98 Å². The van der Waals surface area contributed by atoms with Crippen LogP contribution < -0.4 is 5.32 Å². The topological polar surface area (TPSA) is 77.1 Å². The summed E-state index contributed by atoms with van der Waals surface area (Å²) in [6.45, 7) is 7.73. The largest absolute Gasteiger partial charge is 0.323 e. The summed E-state index contributed by atoms with van der Waals surface area (Å²) >= 11 is 0. The van der Waals surface area contributed by atoms with Gasteiger partial charge in [-0.2, -0.15) is 5.10 Å². The lowest BCUT2D eigenvalue weighted by Crippen LogP contribution is -2.51. The van der Waals surface area contributed by atoms with Crippen molar-refractivity contribution in [2.45, 2.75) is 19.9 Å². The smallest absolute Gasteiger partial charge is 0.241 e. The fourth-order valence-corrected chi connectivity index (χ4v) is 2.71. The Balaban J connectivity index is 1.68. The van der Waals surface area contributed by atoms with Crippen molar-refractivity contribution in [2.75, 3.05) is 38.5 Å². The summed E-state index contributed by atoms with van der Waals surface area (Å²) in [4.78, 5) is 21.2. The Morgan fingerprint density at radius 1 is 1.36 bits per heavy atom. The molecule has 0 aromatic carbocycles. The third kappa shape index (κ3) is 2.95. The van der Waals surface area contributed by atoms with Gasteiger partial charge in [0.2, 0.25) is 5.91 Å². The molecule has 2 aromatic heterocycles. The summed E-state index contributed by atoms with van der Waals surface area (Å²) in [6.07, 6.45) is 1.65. The molecule has 0 bridgehead atoms. The van der Waals surface area contributed by atoms with E-state index in [9.17, 15) is 4.79 Å². The number of aryl methyl sites for hydroxylation is 1. The molecule has 118 valence electrons. The molecule has 7 nitrogen and oxygen atoms in total. The molecule has 0 radical (unpaired) electrons. The number of pyridine rings is 1. The number of piperazine rings is 1. The summed E-state index contributed by atoms with van der Waals surface area (Å²) < 4.78 is 0. The van der Waals surface area contributed by atoms with Crippen molar-refractivity contribution >= 4 is 22.6 Å². The number of nitrogens with one attached hydrogen (secondary N) is 2. The van der Waals surface area contributed by atoms with E-state index in [1.54, 1.807) is 6.20 Å². The number of fused-ring (bicyclic) bond motifs is 1. The van der Waals surface area contributed by atoms with Crippen molar-refractivity contribution in [2.24, 2.45) is 0 Å². The van der Waals surface area contributed by atoms with Crippen LogP contribution in [0.2, 0.25) is 0 Å². The first-order valence-electron chi connectivity index (χ1n) is 7.59. The van der Waals surface area contributed by atoms with Crippen LogP contribution in [0, 0.1) is 6.92 Å². The molecular weight excluding hydrogens is 280 g/mol. The highest BCUT2D eigenvalue weighted by molar-refractivity contribution is 5.96. The molecule has 3 rings (SSSR count). The number of H-pyrrole nitrogens is 1. The minimum atomic E-state index is -0.144. The van der Waals surface area contributed by atoms with Gasteiger partial charge >= 0.3 is 0 Å². The van der Waals surface area contributed by atoms with Crippen molar-refractivity contribution < 1.29 is 4.79 Å². The van der Waals surface area contributed by atoms with Crippen molar-refractivity contribution in [3.63, 3.8) is 0 Å². The number of carbonyl (C=O) groups excluding carboxylic acids is 1. The van der Waals surface area contributed by atoms with Gasteiger partial charge in [-0.15, -0.1) is 0 Å². The molecule has 0 spiro atoms. The molecule has 0 aliphatic carbocycles. The van der Waals surface area contributed by atoms with Gasteiger partial charge in [0.1, 0.15) is 0 Å². The standard InChI is InChI=1S/C15H22N6O/c1-10-13-8-12(9-16-14(13)19-18-10)17-15(22)11(2)21-6-4-20(3)5-7-21/h8-9,11H,4-7H2,1-3H3,(H,17,22)(H,16,18,19)/t11-/m0/s1. The Morgan fingerprint density at radius 2 is 2.09 bits per heavy atom. The maximum atomic E-state index is 12.4. The molecule has 1 aliphatic rings. The Kier molecular flexibility index (Phi) is 4.08. The van der Waals surface area contributed by atoms with Gasteiger partial charge in [-0.1, -0.05) is 0 Å². The van der Waals surface area contributed by atoms with Gasteiger partial charge < -0.3 is 10.2 Å². The van der Waals surface area contributed by atoms with Gasteiger partial charge in [0.15, 0.2) is 5.65 Å². The van der Waals surface area contributed by atoms with E-state index in [-0.39, 0.29) is 11.9 Å². The second kappa shape index (κ2) is 6.02. The zero-order valence-electron chi connectivity index (χ0n) is 13.3. The number of anilines is 1. The Bertz CT molecular complexity index is 674. The second-order valence-electron chi connectivity index (χ2n) is 5.95. The number of rotatable bonds is 3. The van der Waals surface area contributed by atoms with Gasteiger partial charge in [0.05, 0.1) is 17.9 Å². The molecule has 1 fully saturated rings. The fraction of sp³-hybridized carbons (Fsp3) is 0.533. The predicted octanol–water partition coefficient (Wildman–Crippen LogP) is 0.841. The molecule has 1 saturated heterocycles. The lowest BCUT2D eigenvalue weighted by molar-refractivity contribution is -0.121. The van der Waals surface area contributed by atoms with Gasteiger partial charge in [-0.05, 0) is 27.0 Å². The summed E-state index contributed by atoms with van der Waals surface area (Å²) in [7, 11) is 2.11. The van der Waals surface area contributed by atoms with E-state index in [1.165, 1.54) is 0 Å². The Labute approximate surface area is 129 Å². The average Bonchev–Trinajstić information content (AvgIpc) is 2.88. The third-order valence-electron chi connectivity index (χ3n) is 4.33. The zero-order chi connectivity index (χ0) is 15.7. The maximum absolute atomic E-state index is 12.4. The molecular formula is C15H22N6O. The number of hydrogen-bond donors (Lipinski definition) is 2. The Hall–Kier alpha value is -1.99. The van der Waals surface area contributed by atoms with Crippen molar-refractivity contribution in [3.8, 4) is 0 Å². The highest BCUT2D eigenvalue weighted by Crippen LogP contribution is 2.18. The fourth-order valence-electron chi connectivity index (χ4n) is 2.71. The van der Waals surface area contributed by atoms with Crippen molar-refractivity contribution in [3.05, 3.63) is 18.0 Å². The van der Waals surface area contributed by atoms with Crippen LogP contribution in [-0.4, -0.2) is 70.2 Å². The summed E-state index contributed by atoms with van der Waals surface area (Å²) in [6, 6.07) is 1.77. The first kappa shape index (κ1) is 14.9. The van der Waals surface area contributed by atoms with Crippen LogP contribution >= 0.6 is 0 Å². The van der Waals surface area contributed by atoms with E-state index in [1.807, 2.05) is 19.9 Å². The number of aromatic nitrogens is 3. The number of carbonyl (C=O) groups is 1. The molecule has 1 atom stereocenters. The van der Waals surface area contributed by atoms with E-state index in [4.69, 9.17) is 0 Å². The van der Waals surface area contributed by atoms with Crippen LogP contribution in [0.15, 0.2) is 12.3 Å². The number of hydrogen-bond acceptors (Lipinski definition) is 5. The summed E-state index contributed by atoms with van der Waals surface area (Å²) in [5.74, 6) is 0.00634. The van der Waals surface area contributed by atoms with E-state index >= 15 is 0 Å². The molecule has 0 saturated carbocycles. The molecule has 1 aliphatic heterocycles. The van der Waals surface area contributed by atoms with Gasteiger partial charge in [0.25, 0.3) is 0 Å².